The zero-order chi connectivity index (χ0) is 28.2. The molecule has 4 rings (SSSR count). The highest BCUT2D eigenvalue weighted by Gasteiger charge is 2.41. The van der Waals surface area contributed by atoms with E-state index in [1.807, 2.05) is 0 Å². The molecule has 1 aliphatic heterocycles. The summed E-state index contributed by atoms with van der Waals surface area (Å²) in [7, 11) is 0. The number of hydrogen-bond acceptors (Lipinski definition) is 7. The Balaban J connectivity index is 1.44. The van der Waals surface area contributed by atoms with Crippen molar-refractivity contribution >= 4 is 41.0 Å². The summed E-state index contributed by atoms with van der Waals surface area (Å²) in [5, 5.41) is 4.95. The van der Waals surface area contributed by atoms with E-state index in [9.17, 15) is 27.2 Å². The molecule has 0 spiro atoms. The van der Waals surface area contributed by atoms with Gasteiger partial charge in [0.2, 0.25) is 5.91 Å². The fraction of sp³-hybridized carbons (Fsp3) is 0.280. The van der Waals surface area contributed by atoms with Crippen LogP contribution in [0.4, 0.5) is 28.9 Å². The molecule has 1 saturated heterocycles. The van der Waals surface area contributed by atoms with Crippen molar-refractivity contribution < 1.29 is 31.9 Å². The van der Waals surface area contributed by atoms with Crippen molar-refractivity contribution in [2.24, 2.45) is 10.4 Å². The van der Waals surface area contributed by atoms with Crippen LogP contribution < -0.4 is 10.6 Å². The van der Waals surface area contributed by atoms with E-state index in [0.717, 1.165) is 24.4 Å². The SMILES string of the molecule is Cc1ncc(C(=O)N=C[C@@]2(C(=O)NCc3ncc(Nc4ccc(Cl)cc4C(F)(F)F)cc3F)CCOC2)cn1. The summed E-state index contributed by atoms with van der Waals surface area (Å²) >= 11 is 5.69. The lowest BCUT2D eigenvalue weighted by molar-refractivity contribution is -0.137. The zero-order valence-electron chi connectivity index (χ0n) is 20.4. The summed E-state index contributed by atoms with van der Waals surface area (Å²) in [5.74, 6) is -1.57. The van der Waals surface area contributed by atoms with Crippen LogP contribution >= 0.6 is 11.6 Å². The van der Waals surface area contributed by atoms with Gasteiger partial charge in [-0.15, -0.1) is 0 Å². The molecule has 0 aliphatic carbocycles. The highest BCUT2D eigenvalue weighted by Crippen LogP contribution is 2.37. The molecule has 1 atom stereocenters. The molecule has 39 heavy (non-hydrogen) atoms. The summed E-state index contributed by atoms with van der Waals surface area (Å²) in [4.78, 5) is 41.1. The van der Waals surface area contributed by atoms with Crippen molar-refractivity contribution in [2.45, 2.75) is 26.1 Å². The van der Waals surface area contributed by atoms with Crippen molar-refractivity contribution in [3.8, 4) is 0 Å². The number of pyridine rings is 1. The molecule has 1 aromatic carbocycles. The van der Waals surface area contributed by atoms with E-state index in [1.165, 1.54) is 24.7 Å². The number of aromatic nitrogens is 3. The molecule has 0 radical (unpaired) electrons. The fourth-order valence-electron chi connectivity index (χ4n) is 3.70. The summed E-state index contributed by atoms with van der Waals surface area (Å²) in [6.07, 6.45) is 0.538. The summed E-state index contributed by atoms with van der Waals surface area (Å²) in [6, 6.07) is 4.10. The van der Waals surface area contributed by atoms with Crippen molar-refractivity contribution in [1.29, 1.82) is 0 Å². The van der Waals surface area contributed by atoms with Crippen LogP contribution in [0.5, 0.6) is 0 Å². The Hall–Kier alpha value is -3.97. The van der Waals surface area contributed by atoms with Crippen molar-refractivity contribution in [1.82, 2.24) is 20.3 Å². The Morgan fingerprint density at radius 2 is 1.92 bits per heavy atom. The largest absolute Gasteiger partial charge is 0.418 e. The number of nitrogens with zero attached hydrogens (tertiary/aromatic N) is 4. The maximum absolute atomic E-state index is 14.7. The average Bonchev–Trinajstić information content (AvgIpc) is 3.38. The van der Waals surface area contributed by atoms with Gasteiger partial charge in [0.1, 0.15) is 17.1 Å². The fourth-order valence-corrected chi connectivity index (χ4v) is 3.87. The van der Waals surface area contributed by atoms with Gasteiger partial charge in [-0.05, 0) is 31.5 Å². The first-order chi connectivity index (χ1) is 18.5. The minimum Gasteiger partial charge on any atom is -0.380 e. The molecule has 204 valence electrons. The minimum absolute atomic E-state index is 0.0400. The second kappa shape index (κ2) is 11.4. The van der Waals surface area contributed by atoms with E-state index in [1.54, 1.807) is 6.92 Å². The number of carbonyl (C=O) groups is 2. The van der Waals surface area contributed by atoms with E-state index in [-0.39, 0.29) is 53.8 Å². The van der Waals surface area contributed by atoms with Gasteiger partial charge >= 0.3 is 6.18 Å². The average molecular weight is 565 g/mol. The molecule has 3 aromatic rings. The Labute approximate surface area is 224 Å². The van der Waals surface area contributed by atoms with Gasteiger partial charge in [0.05, 0.1) is 47.5 Å². The highest BCUT2D eigenvalue weighted by molar-refractivity contribution is 6.30. The number of halogens is 5. The van der Waals surface area contributed by atoms with Crippen LogP contribution in [0.3, 0.4) is 0 Å². The zero-order valence-corrected chi connectivity index (χ0v) is 21.1. The molecule has 1 aliphatic rings. The second-order valence-corrected chi connectivity index (χ2v) is 9.13. The Morgan fingerprint density at radius 3 is 2.56 bits per heavy atom. The number of amides is 2. The number of nitrogens with one attached hydrogen (secondary N) is 2. The van der Waals surface area contributed by atoms with Gasteiger partial charge < -0.3 is 15.4 Å². The summed E-state index contributed by atoms with van der Waals surface area (Å²) in [5.41, 5.74) is -2.66. The van der Waals surface area contributed by atoms with Crippen LogP contribution in [0.15, 0.2) is 47.8 Å². The molecule has 14 heteroatoms. The molecule has 9 nitrogen and oxygen atoms in total. The van der Waals surface area contributed by atoms with E-state index >= 15 is 0 Å². The number of aryl methyl sites for hydroxylation is 1. The van der Waals surface area contributed by atoms with E-state index in [2.05, 4.69) is 30.6 Å². The van der Waals surface area contributed by atoms with Gasteiger partial charge in [0, 0.05) is 36.3 Å². The molecule has 0 bridgehead atoms. The number of carbonyl (C=O) groups excluding carboxylic acids is 2. The highest BCUT2D eigenvalue weighted by atomic mass is 35.5. The standard InChI is InChI=1S/C25H21ClF4N6O3/c1-14-31-8-15(9-32-14)22(37)35-12-24(4-5-39-13-24)23(38)34-11-21-19(27)7-17(10-33-21)36-20-3-2-16(26)6-18(20)25(28,29)30/h2-3,6-10,12,36H,4-5,11,13H2,1H3,(H,34,38)/t24-/m0/s1. The first kappa shape index (κ1) is 28.0. The van der Waals surface area contributed by atoms with Gasteiger partial charge in [-0.1, -0.05) is 11.6 Å². The minimum atomic E-state index is -4.69. The van der Waals surface area contributed by atoms with Crippen LogP contribution in [0.25, 0.3) is 0 Å². The predicted molar refractivity (Wildman–Crippen MR) is 133 cm³/mol. The van der Waals surface area contributed by atoms with Crippen LogP contribution in [-0.2, 0) is 22.3 Å². The summed E-state index contributed by atoms with van der Waals surface area (Å²) in [6.45, 7) is 1.55. The lowest BCUT2D eigenvalue weighted by atomic mass is 9.87. The van der Waals surface area contributed by atoms with E-state index in [0.29, 0.717) is 5.82 Å². The first-order valence-electron chi connectivity index (χ1n) is 11.5. The Bertz CT molecular complexity index is 1410. The van der Waals surface area contributed by atoms with E-state index in [4.69, 9.17) is 16.3 Å². The number of aliphatic imine (C=N–C) groups is 1. The monoisotopic (exact) mass is 564 g/mol. The molecule has 1 fully saturated rings. The van der Waals surface area contributed by atoms with Gasteiger partial charge in [0.15, 0.2) is 0 Å². The Kier molecular flexibility index (Phi) is 8.21. The number of hydrogen-bond donors (Lipinski definition) is 2. The lowest BCUT2D eigenvalue weighted by Gasteiger charge is -2.21. The van der Waals surface area contributed by atoms with Gasteiger partial charge in [-0.3, -0.25) is 14.6 Å². The molecular weight excluding hydrogens is 544 g/mol. The number of anilines is 2. The second-order valence-electron chi connectivity index (χ2n) is 8.69. The third kappa shape index (κ3) is 6.73. The number of rotatable bonds is 7. The number of alkyl halides is 3. The van der Waals surface area contributed by atoms with Gasteiger partial charge in [-0.2, -0.15) is 13.2 Å². The Morgan fingerprint density at radius 1 is 1.18 bits per heavy atom. The van der Waals surface area contributed by atoms with Crippen LogP contribution in [-0.4, -0.2) is 46.2 Å². The van der Waals surface area contributed by atoms with Crippen LogP contribution in [0, 0.1) is 18.2 Å². The molecule has 2 amide bonds. The van der Waals surface area contributed by atoms with Crippen LogP contribution in [0.1, 0.15) is 33.9 Å². The molecule has 0 unspecified atom stereocenters. The molecule has 0 saturated carbocycles. The normalized spacial score (nSPS) is 17.4. The molecule has 3 heterocycles. The van der Waals surface area contributed by atoms with Gasteiger partial charge in [0.25, 0.3) is 5.91 Å². The van der Waals surface area contributed by atoms with Crippen molar-refractivity contribution in [3.05, 3.63) is 76.3 Å². The predicted octanol–water partition coefficient (Wildman–Crippen LogP) is 4.67. The smallest absolute Gasteiger partial charge is 0.380 e. The topological polar surface area (TPSA) is 118 Å². The maximum atomic E-state index is 14.7. The van der Waals surface area contributed by atoms with Crippen LogP contribution in [0.2, 0.25) is 5.02 Å². The molecular formula is C25H21ClF4N6O3. The lowest BCUT2D eigenvalue weighted by Crippen LogP contribution is -2.43. The number of ether oxygens (including phenoxy) is 1. The number of benzene rings is 1. The van der Waals surface area contributed by atoms with Crippen molar-refractivity contribution in [2.75, 3.05) is 18.5 Å². The third-order valence-corrected chi connectivity index (χ3v) is 6.10. The first-order valence-corrected chi connectivity index (χ1v) is 11.9. The molecule has 2 aromatic heterocycles. The summed E-state index contributed by atoms with van der Waals surface area (Å²) < 4.78 is 60.1. The van der Waals surface area contributed by atoms with Crippen molar-refractivity contribution in [3.63, 3.8) is 0 Å². The quantitative estimate of drug-likeness (QED) is 0.316. The van der Waals surface area contributed by atoms with Gasteiger partial charge in [-0.25, -0.2) is 19.4 Å². The third-order valence-electron chi connectivity index (χ3n) is 5.86. The molecule has 2 N–H and O–H groups in total. The van der Waals surface area contributed by atoms with E-state index < -0.39 is 34.8 Å². The maximum Gasteiger partial charge on any atom is 0.418 e.